The van der Waals surface area contributed by atoms with Crippen LogP contribution in [0.1, 0.15) is 18.4 Å². The van der Waals surface area contributed by atoms with E-state index in [2.05, 4.69) is 10.0 Å². The Morgan fingerprint density at radius 3 is 2.76 bits per heavy atom. The highest BCUT2D eigenvalue weighted by Gasteiger charge is 2.15. The molecular weight excluding hydrogens is 312 g/mol. The van der Waals surface area contributed by atoms with Gasteiger partial charge in [0.1, 0.15) is 4.21 Å². The number of ether oxygens (including phenoxy) is 2. The molecule has 0 aliphatic rings. The van der Waals surface area contributed by atoms with Gasteiger partial charge in [-0.15, -0.1) is 11.3 Å². The maximum atomic E-state index is 12.1. The molecule has 0 fully saturated rings. The molecule has 21 heavy (non-hydrogen) atoms. The van der Waals surface area contributed by atoms with E-state index in [4.69, 9.17) is 9.47 Å². The molecular formula is C13H24N2O4S2. The number of hydrogen-bond donors (Lipinski definition) is 2. The van der Waals surface area contributed by atoms with Crippen LogP contribution in [0.3, 0.4) is 0 Å². The Morgan fingerprint density at radius 1 is 1.24 bits per heavy atom. The van der Waals surface area contributed by atoms with E-state index >= 15 is 0 Å². The van der Waals surface area contributed by atoms with Crippen LogP contribution in [0, 0.1) is 0 Å². The van der Waals surface area contributed by atoms with Crippen LogP contribution in [0.4, 0.5) is 0 Å². The maximum Gasteiger partial charge on any atom is 0.250 e. The van der Waals surface area contributed by atoms with Crippen molar-refractivity contribution >= 4 is 21.4 Å². The second-order valence-electron chi connectivity index (χ2n) is 4.51. The van der Waals surface area contributed by atoms with Gasteiger partial charge in [-0.05, 0) is 36.9 Å². The highest BCUT2D eigenvalue weighted by molar-refractivity contribution is 7.91. The van der Waals surface area contributed by atoms with Crippen LogP contribution in [0.15, 0.2) is 15.7 Å². The molecule has 0 radical (unpaired) electrons. The second-order valence-corrected chi connectivity index (χ2v) is 7.42. The van der Waals surface area contributed by atoms with E-state index in [1.807, 2.05) is 12.4 Å². The van der Waals surface area contributed by atoms with E-state index in [1.165, 1.54) is 11.3 Å². The summed E-state index contributed by atoms with van der Waals surface area (Å²) >= 11 is 1.24. The minimum Gasteiger partial charge on any atom is -0.382 e. The summed E-state index contributed by atoms with van der Waals surface area (Å²) in [5.74, 6) is 0. The molecule has 1 aromatic heterocycles. The van der Waals surface area contributed by atoms with Gasteiger partial charge in [-0.3, -0.25) is 0 Å². The van der Waals surface area contributed by atoms with Crippen molar-refractivity contribution in [2.75, 3.05) is 40.5 Å². The fourth-order valence-electron chi connectivity index (χ4n) is 1.64. The van der Waals surface area contributed by atoms with Crippen LogP contribution in [0.25, 0.3) is 0 Å². The van der Waals surface area contributed by atoms with E-state index < -0.39 is 10.0 Å². The molecule has 0 bridgehead atoms. The monoisotopic (exact) mass is 336 g/mol. The normalized spacial score (nSPS) is 11.9. The van der Waals surface area contributed by atoms with Crippen LogP contribution in [-0.4, -0.2) is 48.9 Å². The van der Waals surface area contributed by atoms with Gasteiger partial charge in [-0.25, -0.2) is 13.1 Å². The number of thiophene rings is 1. The van der Waals surface area contributed by atoms with Gasteiger partial charge in [-0.1, -0.05) is 0 Å². The lowest BCUT2D eigenvalue weighted by atomic mass is 10.3. The summed E-state index contributed by atoms with van der Waals surface area (Å²) in [5.41, 5.74) is 0.981. The third-order valence-electron chi connectivity index (χ3n) is 2.71. The van der Waals surface area contributed by atoms with Gasteiger partial charge < -0.3 is 14.8 Å². The Kier molecular flexibility index (Phi) is 9.05. The molecule has 0 saturated carbocycles. The minimum atomic E-state index is -3.38. The lowest BCUT2D eigenvalue weighted by Gasteiger charge is -2.05. The number of rotatable bonds is 12. The molecule has 0 atom stereocenters. The Balaban J connectivity index is 2.23. The summed E-state index contributed by atoms with van der Waals surface area (Å²) in [6, 6.07) is 1.71. The summed E-state index contributed by atoms with van der Waals surface area (Å²) < 4.78 is 37.3. The predicted octanol–water partition coefficient (Wildman–Crippen LogP) is 1.19. The molecule has 6 nitrogen and oxygen atoms in total. The van der Waals surface area contributed by atoms with Crippen molar-refractivity contribution in [3.63, 3.8) is 0 Å². The van der Waals surface area contributed by atoms with Crippen LogP contribution in [0.2, 0.25) is 0 Å². The average molecular weight is 336 g/mol. The molecule has 1 aromatic rings. The van der Waals surface area contributed by atoms with Gasteiger partial charge in [0, 0.05) is 26.8 Å². The summed E-state index contributed by atoms with van der Waals surface area (Å²) in [5, 5.41) is 4.85. The predicted molar refractivity (Wildman–Crippen MR) is 84.2 cm³/mol. The molecule has 1 heterocycles. The first-order chi connectivity index (χ1) is 10.1. The van der Waals surface area contributed by atoms with Crippen molar-refractivity contribution in [2.45, 2.75) is 23.6 Å². The summed E-state index contributed by atoms with van der Waals surface area (Å²) in [6.07, 6.45) is 1.57. The lowest BCUT2D eigenvalue weighted by Crippen LogP contribution is -2.24. The molecule has 0 amide bonds. The minimum absolute atomic E-state index is 0.365. The number of nitrogens with one attached hydrogen (secondary N) is 2. The van der Waals surface area contributed by atoms with Crippen LogP contribution < -0.4 is 10.0 Å². The van der Waals surface area contributed by atoms with Gasteiger partial charge in [0.05, 0.1) is 13.2 Å². The summed E-state index contributed by atoms with van der Waals surface area (Å²) in [6.45, 7) is 2.88. The zero-order valence-corrected chi connectivity index (χ0v) is 14.2. The van der Waals surface area contributed by atoms with Crippen molar-refractivity contribution in [3.05, 3.63) is 17.0 Å². The van der Waals surface area contributed by atoms with E-state index in [-0.39, 0.29) is 0 Å². The molecule has 2 N–H and O–H groups in total. The highest BCUT2D eigenvalue weighted by Crippen LogP contribution is 2.19. The zero-order valence-electron chi connectivity index (χ0n) is 12.6. The van der Waals surface area contributed by atoms with Crippen molar-refractivity contribution in [1.29, 1.82) is 0 Å². The van der Waals surface area contributed by atoms with Crippen molar-refractivity contribution in [3.8, 4) is 0 Å². The maximum absolute atomic E-state index is 12.1. The molecule has 122 valence electrons. The molecule has 8 heteroatoms. The molecule has 0 aliphatic carbocycles. The Hall–Kier alpha value is -0.510. The fourth-order valence-corrected chi connectivity index (χ4v) is 3.97. The largest absolute Gasteiger partial charge is 0.382 e. The smallest absolute Gasteiger partial charge is 0.250 e. The quantitative estimate of drug-likeness (QED) is 0.561. The van der Waals surface area contributed by atoms with E-state index in [1.54, 1.807) is 13.2 Å². The first-order valence-electron chi connectivity index (χ1n) is 6.88. The first kappa shape index (κ1) is 18.5. The summed E-state index contributed by atoms with van der Waals surface area (Å²) in [4.78, 5) is 0. The number of methoxy groups -OCH3 is 1. The molecule has 0 saturated heterocycles. The van der Waals surface area contributed by atoms with Gasteiger partial charge in [-0.2, -0.15) is 0 Å². The SMILES string of the molecule is CNCc1csc(S(=O)(=O)NCCCCOCCOC)c1. The fraction of sp³-hybridized carbons (Fsp3) is 0.692. The third-order valence-corrected chi connectivity index (χ3v) is 5.66. The molecule has 0 aromatic carbocycles. The van der Waals surface area contributed by atoms with Crippen LogP contribution >= 0.6 is 11.3 Å². The topological polar surface area (TPSA) is 76.7 Å². The molecule has 0 aliphatic heterocycles. The zero-order chi connectivity index (χ0) is 15.6. The van der Waals surface area contributed by atoms with E-state index in [0.29, 0.717) is 37.1 Å². The van der Waals surface area contributed by atoms with E-state index in [9.17, 15) is 8.42 Å². The molecule has 1 rings (SSSR count). The molecule has 0 spiro atoms. The van der Waals surface area contributed by atoms with Gasteiger partial charge in [0.2, 0.25) is 10.0 Å². The molecule has 0 unspecified atom stereocenters. The van der Waals surface area contributed by atoms with Gasteiger partial charge in [0.15, 0.2) is 0 Å². The third kappa shape index (κ3) is 7.35. The van der Waals surface area contributed by atoms with Crippen molar-refractivity contribution in [2.24, 2.45) is 0 Å². The van der Waals surface area contributed by atoms with Gasteiger partial charge in [0.25, 0.3) is 0 Å². The standard InChI is InChI=1S/C13H24N2O4S2/c1-14-10-12-9-13(20-11-12)21(16,17)15-5-3-4-6-19-8-7-18-2/h9,11,14-15H,3-8,10H2,1-2H3. The second kappa shape index (κ2) is 10.3. The summed E-state index contributed by atoms with van der Waals surface area (Å²) in [7, 11) is 0.0826. The average Bonchev–Trinajstić information content (AvgIpc) is 2.92. The highest BCUT2D eigenvalue weighted by atomic mass is 32.2. The first-order valence-corrected chi connectivity index (χ1v) is 9.25. The number of unbranched alkanes of at least 4 members (excludes halogenated alkanes) is 1. The number of sulfonamides is 1. The Morgan fingerprint density at radius 2 is 2.05 bits per heavy atom. The number of hydrogen-bond acceptors (Lipinski definition) is 6. The van der Waals surface area contributed by atoms with E-state index in [0.717, 1.165) is 18.4 Å². The van der Waals surface area contributed by atoms with Gasteiger partial charge >= 0.3 is 0 Å². The Labute approximate surface area is 130 Å². The van der Waals surface area contributed by atoms with Crippen molar-refractivity contribution in [1.82, 2.24) is 10.0 Å². The van der Waals surface area contributed by atoms with Crippen LogP contribution in [-0.2, 0) is 26.0 Å². The Bertz CT molecular complexity index is 488. The van der Waals surface area contributed by atoms with Crippen LogP contribution in [0.5, 0.6) is 0 Å². The lowest BCUT2D eigenvalue weighted by molar-refractivity contribution is 0.0689. The van der Waals surface area contributed by atoms with Crippen molar-refractivity contribution < 1.29 is 17.9 Å².